The van der Waals surface area contributed by atoms with Gasteiger partial charge < -0.3 is 11.1 Å². The highest BCUT2D eigenvalue weighted by Gasteiger charge is 2.27. The number of rotatable bonds is 7. The highest BCUT2D eigenvalue weighted by atomic mass is 16.2. The van der Waals surface area contributed by atoms with Crippen LogP contribution < -0.4 is 16.7 Å². The van der Waals surface area contributed by atoms with Crippen molar-refractivity contribution in [3.63, 3.8) is 0 Å². The van der Waals surface area contributed by atoms with E-state index < -0.39 is 5.54 Å². The van der Waals surface area contributed by atoms with Crippen LogP contribution in [0.25, 0.3) is 11.0 Å². The Bertz CT molecular complexity index is 732. The first-order chi connectivity index (χ1) is 11.0. The molecule has 0 aliphatic carbocycles. The van der Waals surface area contributed by atoms with Crippen molar-refractivity contribution in [2.24, 2.45) is 5.73 Å². The molecule has 3 N–H and O–H groups in total. The van der Waals surface area contributed by atoms with Crippen LogP contribution in [0.3, 0.4) is 0 Å². The van der Waals surface area contributed by atoms with Gasteiger partial charge in [0.25, 0.3) is 0 Å². The summed E-state index contributed by atoms with van der Waals surface area (Å²) in [5.74, 6) is -0.180. The Morgan fingerprint density at radius 3 is 2.17 bits per heavy atom. The molecular weight excluding hydrogens is 292 g/mol. The van der Waals surface area contributed by atoms with Gasteiger partial charge in [0, 0.05) is 13.1 Å². The molecule has 0 spiro atoms. The van der Waals surface area contributed by atoms with Gasteiger partial charge in [-0.15, -0.1) is 0 Å². The molecule has 2 rings (SSSR count). The molecule has 0 unspecified atom stereocenters. The van der Waals surface area contributed by atoms with Crippen LogP contribution in [-0.2, 0) is 17.9 Å². The van der Waals surface area contributed by atoms with Crippen LogP contribution in [0.4, 0.5) is 0 Å². The Morgan fingerprint density at radius 2 is 1.70 bits per heavy atom. The van der Waals surface area contributed by atoms with E-state index >= 15 is 0 Å². The molecule has 0 radical (unpaired) electrons. The Balaban J connectivity index is 2.34. The Morgan fingerprint density at radius 1 is 1.13 bits per heavy atom. The summed E-state index contributed by atoms with van der Waals surface area (Å²) in [6, 6.07) is 7.54. The van der Waals surface area contributed by atoms with Crippen LogP contribution >= 0.6 is 0 Å². The minimum Gasteiger partial charge on any atom is -0.348 e. The summed E-state index contributed by atoms with van der Waals surface area (Å²) in [5, 5.41) is 3.01. The lowest BCUT2D eigenvalue weighted by atomic mass is 9.93. The van der Waals surface area contributed by atoms with Gasteiger partial charge in [-0.1, -0.05) is 26.0 Å². The Hall–Kier alpha value is -2.08. The van der Waals surface area contributed by atoms with Crippen LogP contribution in [0.15, 0.2) is 29.1 Å². The third kappa shape index (κ3) is 3.17. The number of para-hydroxylation sites is 2. The number of carbonyl (C=O) groups is 1. The zero-order chi connectivity index (χ0) is 17.0. The first-order valence-corrected chi connectivity index (χ1v) is 8.21. The van der Waals surface area contributed by atoms with Gasteiger partial charge in [-0.25, -0.2) is 4.79 Å². The Labute approximate surface area is 136 Å². The van der Waals surface area contributed by atoms with E-state index in [4.69, 9.17) is 5.73 Å². The second-order valence-corrected chi connectivity index (χ2v) is 5.84. The second-order valence-electron chi connectivity index (χ2n) is 5.84. The third-order valence-corrected chi connectivity index (χ3v) is 4.69. The number of benzene rings is 1. The lowest BCUT2D eigenvalue weighted by Gasteiger charge is -2.31. The van der Waals surface area contributed by atoms with Gasteiger partial charge in [0.2, 0.25) is 5.91 Å². The quantitative estimate of drug-likeness (QED) is 0.811. The second kappa shape index (κ2) is 7.00. The number of hydrogen-bond donors (Lipinski definition) is 2. The molecule has 1 aromatic heterocycles. The average Bonchev–Trinajstić information content (AvgIpc) is 2.84. The molecule has 1 aromatic carbocycles. The summed E-state index contributed by atoms with van der Waals surface area (Å²) >= 11 is 0. The van der Waals surface area contributed by atoms with Crippen molar-refractivity contribution < 1.29 is 4.79 Å². The molecule has 0 saturated carbocycles. The number of fused-ring (bicyclic) bond motifs is 1. The highest BCUT2D eigenvalue weighted by molar-refractivity contribution is 5.81. The topological polar surface area (TPSA) is 82.0 Å². The van der Waals surface area contributed by atoms with Crippen LogP contribution in [0, 0.1) is 0 Å². The zero-order valence-corrected chi connectivity index (χ0v) is 14.1. The molecular formula is C17H26N4O2. The Kier molecular flexibility index (Phi) is 5.26. The molecule has 6 heteroatoms. The van der Waals surface area contributed by atoms with Crippen molar-refractivity contribution in [3.05, 3.63) is 34.7 Å². The van der Waals surface area contributed by atoms with Crippen LogP contribution in [0.2, 0.25) is 0 Å². The molecule has 2 aromatic rings. The standard InChI is InChI=1S/C17H26N4O2/c1-4-17(5-2,12-18)19-15(22)11-21-14-10-8-7-9-13(14)20(6-3)16(21)23/h7-10H,4-6,11-12,18H2,1-3H3,(H,19,22). The first-order valence-electron chi connectivity index (χ1n) is 8.21. The van der Waals surface area contributed by atoms with Crippen molar-refractivity contribution >= 4 is 16.9 Å². The van der Waals surface area contributed by atoms with E-state index in [0.29, 0.717) is 13.1 Å². The predicted molar refractivity (Wildman–Crippen MR) is 92.4 cm³/mol. The highest BCUT2D eigenvalue weighted by Crippen LogP contribution is 2.15. The largest absolute Gasteiger partial charge is 0.348 e. The van der Waals surface area contributed by atoms with Crippen molar-refractivity contribution in [1.29, 1.82) is 0 Å². The number of aryl methyl sites for hydroxylation is 1. The van der Waals surface area contributed by atoms with Gasteiger partial charge in [-0.05, 0) is 31.9 Å². The average molecular weight is 318 g/mol. The summed E-state index contributed by atoms with van der Waals surface area (Å²) < 4.78 is 3.21. The fourth-order valence-electron chi connectivity index (χ4n) is 2.98. The lowest BCUT2D eigenvalue weighted by Crippen LogP contribution is -2.54. The molecule has 1 heterocycles. The van der Waals surface area contributed by atoms with Gasteiger partial charge in [-0.3, -0.25) is 13.9 Å². The third-order valence-electron chi connectivity index (χ3n) is 4.69. The maximum absolute atomic E-state index is 12.6. The van der Waals surface area contributed by atoms with E-state index in [9.17, 15) is 9.59 Å². The van der Waals surface area contributed by atoms with E-state index in [1.807, 2.05) is 45.0 Å². The smallest absolute Gasteiger partial charge is 0.329 e. The van der Waals surface area contributed by atoms with Crippen molar-refractivity contribution in [3.8, 4) is 0 Å². The molecule has 0 bridgehead atoms. The maximum atomic E-state index is 12.6. The number of amides is 1. The van der Waals surface area contributed by atoms with Gasteiger partial charge in [0.1, 0.15) is 6.54 Å². The zero-order valence-electron chi connectivity index (χ0n) is 14.1. The molecule has 126 valence electrons. The lowest BCUT2D eigenvalue weighted by molar-refractivity contribution is -0.123. The molecule has 0 atom stereocenters. The van der Waals surface area contributed by atoms with E-state index in [2.05, 4.69) is 5.32 Å². The first kappa shape index (κ1) is 17.3. The maximum Gasteiger partial charge on any atom is 0.329 e. The number of imidazole rings is 1. The van der Waals surface area contributed by atoms with Crippen molar-refractivity contribution in [2.45, 2.75) is 52.2 Å². The van der Waals surface area contributed by atoms with Gasteiger partial charge in [0.15, 0.2) is 0 Å². The van der Waals surface area contributed by atoms with E-state index in [1.54, 1.807) is 4.57 Å². The van der Waals surface area contributed by atoms with E-state index in [1.165, 1.54) is 4.57 Å². The molecule has 1 amide bonds. The number of aromatic nitrogens is 2. The number of nitrogens with zero attached hydrogens (tertiary/aromatic N) is 2. The summed E-state index contributed by atoms with van der Waals surface area (Å²) in [4.78, 5) is 25.0. The van der Waals surface area contributed by atoms with Gasteiger partial charge in [0.05, 0.1) is 16.6 Å². The molecule has 6 nitrogen and oxygen atoms in total. The predicted octanol–water partition coefficient (Wildman–Crippen LogP) is 1.46. The summed E-state index contributed by atoms with van der Waals surface area (Å²) in [5.41, 5.74) is 6.90. The molecule has 23 heavy (non-hydrogen) atoms. The molecule has 0 fully saturated rings. The number of hydrogen-bond acceptors (Lipinski definition) is 3. The van der Waals surface area contributed by atoms with Crippen molar-refractivity contribution in [2.75, 3.05) is 6.54 Å². The number of carbonyl (C=O) groups excluding carboxylic acids is 1. The molecule has 0 aliphatic rings. The molecule has 0 saturated heterocycles. The minimum absolute atomic E-state index is 0.00803. The van der Waals surface area contributed by atoms with Gasteiger partial charge in [-0.2, -0.15) is 0 Å². The van der Waals surface area contributed by atoms with Crippen LogP contribution in [0.5, 0.6) is 0 Å². The van der Waals surface area contributed by atoms with Crippen molar-refractivity contribution in [1.82, 2.24) is 14.5 Å². The monoisotopic (exact) mass is 318 g/mol. The van der Waals surface area contributed by atoms with E-state index in [-0.39, 0.29) is 18.1 Å². The fourth-order valence-corrected chi connectivity index (χ4v) is 2.98. The SMILES string of the molecule is CCn1c(=O)n(CC(=O)NC(CC)(CC)CN)c2ccccc21. The molecule has 0 aliphatic heterocycles. The minimum atomic E-state index is -0.399. The number of nitrogens with two attached hydrogens (primary N) is 1. The van der Waals surface area contributed by atoms with Gasteiger partial charge >= 0.3 is 5.69 Å². The van der Waals surface area contributed by atoms with Crippen LogP contribution in [0.1, 0.15) is 33.6 Å². The fraction of sp³-hybridized carbons (Fsp3) is 0.529. The summed E-state index contributed by atoms with van der Waals surface area (Å²) in [6.45, 7) is 6.90. The van der Waals surface area contributed by atoms with Crippen LogP contribution in [-0.4, -0.2) is 27.1 Å². The number of nitrogens with one attached hydrogen (secondary N) is 1. The normalized spacial score (nSPS) is 11.8. The summed E-state index contributed by atoms with van der Waals surface area (Å²) in [7, 11) is 0. The summed E-state index contributed by atoms with van der Waals surface area (Å²) in [6.07, 6.45) is 1.52. The van der Waals surface area contributed by atoms with E-state index in [0.717, 1.165) is 23.9 Å².